The van der Waals surface area contributed by atoms with Crippen LogP contribution in [0.1, 0.15) is 46.8 Å². The second-order valence-corrected chi connectivity index (χ2v) is 11.7. The fourth-order valence-electron chi connectivity index (χ4n) is 4.34. The largest absolute Gasteiger partial charge is 0.489 e. The lowest BCUT2D eigenvalue weighted by atomic mass is 9.90. The van der Waals surface area contributed by atoms with E-state index in [4.69, 9.17) is 4.74 Å². The lowest BCUT2D eigenvalue weighted by molar-refractivity contribution is -0.00681. The maximum Gasteiger partial charge on any atom is 0.154 e. The summed E-state index contributed by atoms with van der Waals surface area (Å²) in [5, 5.41) is 14.5. The summed E-state index contributed by atoms with van der Waals surface area (Å²) in [4.78, 5) is 11.4. The third kappa shape index (κ3) is 3.32. The molecule has 4 nitrogen and oxygen atoms in total. The van der Waals surface area contributed by atoms with Gasteiger partial charge in [0, 0.05) is 27.6 Å². The van der Waals surface area contributed by atoms with E-state index in [0.717, 1.165) is 67.4 Å². The third-order valence-corrected chi connectivity index (χ3v) is 9.12. The van der Waals surface area contributed by atoms with Gasteiger partial charge in [0.05, 0.1) is 15.6 Å². The minimum absolute atomic E-state index is 0.431. The van der Waals surface area contributed by atoms with E-state index >= 15 is 0 Å². The van der Waals surface area contributed by atoms with E-state index in [1.54, 1.807) is 34.4 Å². The molecule has 3 aromatic rings. The molecule has 0 atom stereocenters. The molecule has 2 aliphatic carbocycles. The molecule has 0 unspecified atom stereocenters. The van der Waals surface area contributed by atoms with Crippen molar-refractivity contribution < 1.29 is 9.84 Å². The van der Waals surface area contributed by atoms with E-state index in [9.17, 15) is 5.11 Å². The number of aliphatic hydroxyl groups is 1. The van der Waals surface area contributed by atoms with Crippen LogP contribution in [0, 0.1) is 18.8 Å². The molecule has 2 fully saturated rings. The van der Waals surface area contributed by atoms with Gasteiger partial charge in [-0.1, -0.05) is 11.8 Å². The number of nitrogens with zero attached hydrogens (tertiary/aromatic N) is 2. The number of aryl methyl sites for hydroxylation is 1. The average molecular weight is 455 g/mol. The van der Waals surface area contributed by atoms with Crippen molar-refractivity contribution >= 4 is 40.0 Å². The van der Waals surface area contributed by atoms with Crippen LogP contribution in [0.25, 0.3) is 5.57 Å². The van der Waals surface area contributed by atoms with Crippen LogP contribution in [0.2, 0.25) is 0 Å². The number of benzene rings is 1. The topological polar surface area (TPSA) is 55.2 Å². The van der Waals surface area contributed by atoms with Crippen LogP contribution < -0.4 is 4.74 Å². The Balaban J connectivity index is 1.25. The second kappa shape index (κ2) is 7.19. The fraction of sp³-hybridized carbons (Fsp3) is 0.391. The highest BCUT2D eigenvalue weighted by Crippen LogP contribution is 2.58. The van der Waals surface area contributed by atoms with Gasteiger partial charge in [0.2, 0.25) is 0 Å². The summed E-state index contributed by atoms with van der Waals surface area (Å²) in [5.74, 6) is 1.76. The molecule has 0 amide bonds. The molecular weight excluding hydrogens is 432 g/mol. The summed E-state index contributed by atoms with van der Waals surface area (Å²) in [6.45, 7) is 2.59. The molecule has 154 valence electrons. The van der Waals surface area contributed by atoms with Crippen molar-refractivity contribution in [3.63, 3.8) is 0 Å². The Labute approximate surface area is 188 Å². The SMILES string of the molecule is Cc1nc(C2=CCOc3cc(Sc4ncc(C(O)(C5CC5)C5CC5)s4)ccc32)cs1. The highest BCUT2D eigenvalue weighted by molar-refractivity contribution is 8.01. The van der Waals surface area contributed by atoms with Crippen molar-refractivity contribution in [3.8, 4) is 5.75 Å². The van der Waals surface area contributed by atoms with E-state index in [-0.39, 0.29) is 0 Å². The predicted molar refractivity (Wildman–Crippen MR) is 121 cm³/mol. The van der Waals surface area contributed by atoms with Crippen LogP contribution in [0.5, 0.6) is 5.75 Å². The maximum atomic E-state index is 11.4. The second-order valence-electron chi connectivity index (χ2n) is 8.30. The lowest BCUT2D eigenvalue weighted by Crippen LogP contribution is -2.29. The van der Waals surface area contributed by atoms with Crippen LogP contribution in [0.3, 0.4) is 0 Å². The van der Waals surface area contributed by atoms with Crippen LogP contribution in [-0.4, -0.2) is 21.7 Å². The first-order chi connectivity index (χ1) is 14.6. The quantitative estimate of drug-likeness (QED) is 0.503. The Morgan fingerprint density at radius 3 is 2.70 bits per heavy atom. The molecule has 0 spiro atoms. The summed E-state index contributed by atoms with van der Waals surface area (Å²) in [7, 11) is 0. The molecule has 1 aromatic carbocycles. The summed E-state index contributed by atoms with van der Waals surface area (Å²) in [6.07, 6.45) is 8.58. The normalized spacial score (nSPS) is 18.7. The first kappa shape index (κ1) is 19.0. The molecule has 30 heavy (non-hydrogen) atoms. The van der Waals surface area contributed by atoms with Gasteiger partial charge in [-0.25, -0.2) is 9.97 Å². The van der Waals surface area contributed by atoms with Crippen molar-refractivity contribution in [2.24, 2.45) is 11.8 Å². The third-order valence-electron chi connectivity index (χ3n) is 6.15. The van der Waals surface area contributed by atoms with Gasteiger partial charge in [0.15, 0.2) is 4.34 Å². The Morgan fingerprint density at radius 1 is 1.20 bits per heavy atom. The Bertz CT molecular complexity index is 1130. The molecule has 2 saturated carbocycles. The zero-order chi connectivity index (χ0) is 20.3. The van der Waals surface area contributed by atoms with E-state index in [0.29, 0.717) is 18.4 Å². The van der Waals surface area contributed by atoms with E-state index in [1.165, 1.54) is 0 Å². The first-order valence-electron chi connectivity index (χ1n) is 10.4. The number of hydrogen-bond acceptors (Lipinski definition) is 7. The number of rotatable bonds is 6. The van der Waals surface area contributed by atoms with Crippen LogP contribution in [-0.2, 0) is 5.60 Å². The van der Waals surface area contributed by atoms with Crippen molar-refractivity contribution in [1.29, 1.82) is 0 Å². The zero-order valence-corrected chi connectivity index (χ0v) is 19.1. The maximum absolute atomic E-state index is 11.4. The minimum Gasteiger partial charge on any atom is -0.489 e. The molecule has 0 saturated heterocycles. The highest BCUT2D eigenvalue weighted by atomic mass is 32.2. The van der Waals surface area contributed by atoms with E-state index in [1.807, 2.05) is 13.1 Å². The van der Waals surface area contributed by atoms with Crippen molar-refractivity contribution in [2.45, 2.75) is 47.4 Å². The number of fused-ring (bicyclic) bond motifs is 1. The zero-order valence-electron chi connectivity index (χ0n) is 16.6. The van der Waals surface area contributed by atoms with Gasteiger partial charge >= 0.3 is 0 Å². The van der Waals surface area contributed by atoms with Gasteiger partial charge in [0.1, 0.15) is 18.0 Å². The van der Waals surface area contributed by atoms with Gasteiger partial charge in [-0.3, -0.25) is 0 Å². The Kier molecular flexibility index (Phi) is 4.57. The van der Waals surface area contributed by atoms with E-state index < -0.39 is 5.60 Å². The summed E-state index contributed by atoms with van der Waals surface area (Å²) in [6, 6.07) is 6.35. The van der Waals surface area contributed by atoms with E-state index in [2.05, 4.69) is 39.6 Å². The average Bonchev–Trinajstić information content (AvgIpc) is 3.68. The summed E-state index contributed by atoms with van der Waals surface area (Å²) in [5.41, 5.74) is 2.62. The van der Waals surface area contributed by atoms with Crippen molar-refractivity contribution in [2.75, 3.05) is 6.61 Å². The summed E-state index contributed by atoms with van der Waals surface area (Å²) >= 11 is 4.97. The van der Waals surface area contributed by atoms with Crippen molar-refractivity contribution in [3.05, 3.63) is 57.0 Å². The molecule has 2 aromatic heterocycles. The van der Waals surface area contributed by atoms with Gasteiger partial charge in [-0.05, 0) is 68.7 Å². The van der Waals surface area contributed by atoms with Crippen LogP contribution in [0.4, 0.5) is 0 Å². The number of aromatic nitrogens is 2. The molecule has 6 rings (SSSR count). The number of thiazole rings is 2. The molecule has 0 radical (unpaired) electrons. The van der Waals surface area contributed by atoms with Gasteiger partial charge in [0.25, 0.3) is 0 Å². The number of hydrogen-bond donors (Lipinski definition) is 1. The molecule has 7 heteroatoms. The van der Waals surface area contributed by atoms with Gasteiger partial charge in [-0.15, -0.1) is 22.7 Å². The Morgan fingerprint density at radius 2 is 2.00 bits per heavy atom. The minimum atomic E-state index is -0.638. The highest BCUT2D eigenvalue weighted by Gasteiger charge is 2.55. The lowest BCUT2D eigenvalue weighted by Gasteiger charge is -2.26. The predicted octanol–water partition coefficient (Wildman–Crippen LogP) is 5.89. The standard InChI is InChI=1S/C23H22N2O2S3/c1-13-25-19(12-28-13)17-8-9-27-20-10-16(6-7-18(17)20)29-22-24-11-21(30-22)23(26,14-2-3-14)15-4-5-15/h6-8,10-12,14-15,26H,2-5,9H2,1H3. The van der Waals surface area contributed by atoms with Crippen molar-refractivity contribution in [1.82, 2.24) is 9.97 Å². The number of ether oxygens (including phenoxy) is 1. The van der Waals surface area contributed by atoms with Crippen LogP contribution in [0.15, 0.2) is 45.1 Å². The molecule has 1 aliphatic heterocycles. The smallest absolute Gasteiger partial charge is 0.154 e. The fourth-order valence-corrected chi connectivity index (χ4v) is 7.18. The molecule has 3 heterocycles. The first-order valence-corrected chi connectivity index (χ1v) is 12.9. The summed E-state index contributed by atoms with van der Waals surface area (Å²) < 4.78 is 6.91. The monoisotopic (exact) mass is 454 g/mol. The van der Waals surface area contributed by atoms with Crippen LogP contribution >= 0.6 is 34.4 Å². The van der Waals surface area contributed by atoms with Gasteiger partial charge in [-0.2, -0.15) is 0 Å². The molecule has 3 aliphatic rings. The Hall–Kier alpha value is -1.67. The molecule has 0 bridgehead atoms. The van der Waals surface area contributed by atoms with Gasteiger partial charge < -0.3 is 9.84 Å². The molecule has 1 N–H and O–H groups in total. The molecular formula is C23H22N2O2S3.